The molecule has 0 saturated heterocycles. The van der Waals surface area contributed by atoms with Gasteiger partial charge in [0, 0.05) is 13.3 Å². The summed E-state index contributed by atoms with van der Waals surface area (Å²) in [6, 6.07) is 0. The lowest BCUT2D eigenvalue weighted by atomic mass is 10.2. The molecule has 1 aromatic heterocycles. The van der Waals surface area contributed by atoms with Crippen LogP contribution in [0.1, 0.15) is 38.0 Å². The Morgan fingerprint density at radius 3 is 2.64 bits per heavy atom. The molecule has 0 amide bonds. The van der Waals surface area contributed by atoms with Crippen LogP contribution in [0.2, 0.25) is 0 Å². The molecular formula is C8H14N2O. The Labute approximate surface area is 66.8 Å². The molecule has 62 valence electrons. The molecule has 11 heavy (non-hydrogen) atoms. The van der Waals surface area contributed by atoms with Crippen molar-refractivity contribution in [3.63, 3.8) is 0 Å². The van der Waals surface area contributed by atoms with E-state index in [1.54, 1.807) is 0 Å². The van der Waals surface area contributed by atoms with Crippen molar-refractivity contribution < 1.29 is 4.42 Å². The summed E-state index contributed by atoms with van der Waals surface area (Å²) in [6.45, 7) is 4.00. The predicted molar refractivity (Wildman–Crippen MR) is 42.3 cm³/mol. The van der Waals surface area contributed by atoms with Crippen LogP contribution < -0.4 is 0 Å². The minimum Gasteiger partial charge on any atom is -0.426 e. The van der Waals surface area contributed by atoms with Crippen molar-refractivity contribution in [1.29, 1.82) is 0 Å². The van der Waals surface area contributed by atoms with E-state index < -0.39 is 0 Å². The van der Waals surface area contributed by atoms with Crippen molar-refractivity contribution in [3.05, 3.63) is 11.8 Å². The number of unbranched alkanes of at least 4 members (excludes halogenated alkanes) is 2. The Morgan fingerprint density at radius 2 is 2.09 bits per heavy atom. The van der Waals surface area contributed by atoms with Crippen LogP contribution in [-0.4, -0.2) is 10.2 Å². The lowest BCUT2D eigenvalue weighted by Crippen LogP contribution is -1.84. The quantitative estimate of drug-likeness (QED) is 0.623. The number of hydrogen-bond acceptors (Lipinski definition) is 3. The van der Waals surface area contributed by atoms with Crippen LogP contribution in [0.3, 0.4) is 0 Å². The molecule has 0 radical (unpaired) electrons. The number of aryl methyl sites for hydroxylation is 2. The maximum atomic E-state index is 5.21. The van der Waals surface area contributed by atoms with Crippen LogP contribution in [0.4, 0.5) is 0 Å². The molecule has 0 unspecified atom stereocenters. The third-order valence-electron chi connectivity index (χ3n) is 1.56. The Morgan fingerprint density at radius 1 is 1.27 bits per heavy atom. The molecule has 0 aromatic carbocycles. The van der Waals surface area contributed by atoms with E-state index in [1.807, 2.05) is 6.92 Å². The Balaban J connectivity index is 2.27. The van der Waals surface area contributed by atoms with Gasteiger partial charge in [-0.25, -0.2) is 0 Å². The molecule has 0 aliphatic carbocycles. The Kier molecular flexibility index (Phi) is 3.08. The van der Waals surface area contributed by atoms with Gasteiger partial charge in [0.25, 0.3) is 0 Å². The topological polar surface area (TPSA) is 38.9 Å². The van der Waals surface area contributed by atoms with Gasteiger partial charge in [-0.3, -0.25) is 0 Å². The van der Waals surface area contributed by atoms with Crippen LogP contribution in [-0.2, 0) is 6.42 Å². The first kappa shape index (κ1) is 8.24. The SMILES string of the molecule is CCCCCc1nnc(C)o1. The molecule has 0 spiro atoms. The Hall–Kier alpha value is -0.860. The van der Waals surface area contributed by atoms with E-state index >= 15 is 0 Å². The van der Waals surface area contributed by atoms with Gasteiger partial charge in [0.05, 0.1) is 0 Å². The predicted octanol–water partition coefficient (Wildman–Crippen LogP) is 2.11. The summed E-state index contributed by atoms with van der Waals surface area (Å²) in [5, 5.41) is 7.65. The summed E-state index contributed by atoms with van der Waals surface area (Å²) in [5.41, 5.74) is 0. The second-order valence-corrected chi connectivity index (χ2v) is 2.67. The number of rotatable bonds is 4. The second-order valence-electron chi connectivity index (χ2n) is 2.67. The maximum Gasteiger partial charge on any atom is 0.216 e. The molecule has 0 aliphatic rings. The van der Waals surface area contributed by atoms with Gasteiger partial charge in [-0.1, -0.05) is 19.8 Å². The van der Waals surface area contributed by atoms with Gasteiger partial charge in [-0.2, -0.15) is 0 Å². The van der Waals surface area contributed by atoms with E-state index in [2.05, 4.69) is 17.1 Å². The van der Waals surface area contributed by atoms with Gasteiger partial charge in [0.2, 0.25) is 11.8 Å². The van der Waals surface area contributed by atoms with Crippen molar-refractivity contribution in [2.24, 2.45) is 0 Å². The van der Waals surface area contributed by atoms with Crippen LogP contribution in [0.15, 0.2) is 4.42 Å². The van der Waals surface area contributed by atoms with E-state index in [-0.39, 0.29) is 0 Å². The van der Waals surface area contributed by atoms with E-state index in [0.717, 1.165) is 18.7 Å². The summed E-state index contributed by atoms with van der Waals surface area (Å²) in [6.07, 6.45) is 4.54. The highest BCUT2D eigenvalue weighted by Gasteiger charge is 1.99. The maximum absolute atomic E-state index is 5.21. The molecule has 0 atom stereocenters. The summed E-state index contributed by atoms with van der Waals surface area (Å²) < 4.78 is 5.21. The van der Waals surface area contributed by atoms with Gasteiger partial charge in [0.1, 0.15) is 0 Å². The third kappa shape index (κ3) is 2.70. The number of nitrogens with zero attached hydrogens (tertiary/aromatic N) is 2. The van der Waals surface area contributed by atoms with Crippen LogP contribution in [0, 0.1) is 6.92 Å². The van der Waals surface area contributed by atoms with E-state index in [9.17, 15) is 0 Å². The zero-order valence-electron chi connectivity index (χ0n) is 7.13. The van der Waals surface area contributed by atoms with E-state index in [4.69, 9.17) is 4.42 Å². The van der Waals surface area contributed by atoms with Crippen molar-refractivity contribution >= 4 is 0 Å². The number of aromatic nitrogens is 2. The van der Waals surface area contributed by atoms with Crippen LogP contribution >= 0.6 is 0 Å². The van der Waals surface area contributed by atoms with Gasteiger partial charge in [0.15, 0.2) is 0 Å². The lowest BCUT2D eigenvalue weighted by Gasteiger charge is -1.91. The largest absolute Gasteiger partial charge is 0.426 e. The fourth-order valence-corrected chi connectivity index (χ4v) is 0.965. The summed E-state index contributed by atoms with van der Waals surface area (Å²) in [4.78, 5) is 0. The van der Waals surface area contributed by atoms with Gasteiger partial charge < -0.3 is 4.42 Å². The molecule has 1 aromatic rings. The number of hydrogen-bond donors (Lipinski definition) is 0. The lowest BCUT2D eigenvalue weighted by molar-refractivity contribution is 0.458. The molecule has 1 heterocycles. The smallest absolute Gasteiger partial charge is 0.216 e. The van der Waals surface area contributed by atoms with E-state index in [1.165, 1.54) is 12.8 Å². The highest BCUT2D eigenvalue weighted by Crippen LogP contribution is 2.04. The summed E-state index contributed by atoms with van der Waals surface area (Å²) in [7, 11) is 0. The molecule has 1 rings (SSSR count). The van der Waals surface area contributed by atoms with Gasteiger partial charge in [-0.15, -0.1) is 10.2 Å². The van der Waals surface area contributed by atoms with Gasteiger partial charge >= 0.3 is 0 Å². The second kappa shape index (κ2) is 4.11. The molecule has 0 aliphatic heterocycles. The van der Waals surface area contributed by atoms with E-state index in [0.29, 0.717) is 5.89 Å². The first-order valence-corrected chi connectivity index (χ1v) is 4.12. The fourth-order valence-electron chi connectivity index (χ4n) is 0.965. The average molecular weight is 154 g/mol. The minimum absolute atomic E-state index is 0.663. The Bertz CT molecular complexity index is 208. The zero-order valence-corrected chi connectivity index (χ0v) is 7.13. The third-order valence-corrected chi connectivity index (χ3v) is 1.56. The van der Waals surface area contributed by atoms with Gasteiger partial charge in [-0.05, 0) is 6.42 Å². The molecule has 3 heteroatoms. The normalized spacial score (nSPS) is 10.4. The molecule has 0 N–H and O–H groups in total. The van der Waals surface area contributed by atoms with Crippen LogP contribution in [0.25, 0.3) is 0 Å². The first-order chi connectivity index (χ1) is 5.33. The zero-order chi connectivity index (χ0) is 8.10. The molecule has 0 bridgehead atoms. The first-order valence-electron chi connectivity index (χ1n) is 4.12. The monoisotopic (exact) mass is 154 g/mol. The molecule has 0 saturated carbocycles. The molecule has 0 fully saturated rings. The minimum atomic E-state index is 0.663. The fraction of sp³-hybridized carbons (Fsp3) is 0.750. The standard InChI is InChI=1S/C8H14N2O/c1-3-4-5-6-8-10-9-7(2)11-8/h3-6H2,1-2H3. The van der Waals surface area contributed by atoms with Crippen molar-refractivity contribution in [1.82, 2.24) is 10.2 Å². The van der Waals surface area contributed by atoms with Crippen molar-refractivity contribution in [2.75, 3.05) is 0 Å². The van der Waals surface area contributed by atoms with Crippen molar-refractivity contribution in [2.45, 2.75) is 39.5 Å². The molecule has 3 nitrogen and oxygen atoms in total. The summed E-state index contributed by atoms with van der Waals surface area (Å²) in [5.74, 6) is 1.44. The summed E-state index contributed by atoms with van der Waals surface area (Å²) >= 11 is 0. The van der Waals surface area contributed by atoms with Crippen molar-refractivity contribution in [3.8, 4) is 0 Å². The highest BCUT2D eigenvalue weighted by molar-refractivity contribution is 4.78. The van der Waals surface area contributed by atoms with Crippen LogP contribution in [0.5, 0.6) is 0 Å². The molecular weight excluding hydrogens is 140 g/mol. The average Bonchev–Trinajstić information content (AvgIpc) is 2.37. The highest BCUT2D eigenvalue weighted by atomic mass is 16.4.